The SMILES string of the molecule is CCC1CCC(c2cc(F)c(-c3cc(F)cc(F)c3)c(F)c2)CC1. The van der Waals surface area contributed by atoms with Gasteiger partial charge in [0.05, 0.1) is 5.56 Å². The molecule has 3 rings (SSSR count). The maximum Gasteiger partial charge on any atom is 0.134 e. The molecule has 0 spiro atoms. The molecule has 4 heteroatoms. The van der Waals surface area contributed by atoms with Gasteiger partial charge in [-0.3, -0.25) is 0 Å². The van der Waals surface area contributed by atoms with Crippen LogP contribution in [0.1, 0.15) is 50.5 Å². The standard InChI is InChI=1S/C20H20F4/c1-2-12-3-5-13(6-4-12)14-9-18(23)20(19(24)10-14)15-7-16(21)11-17(22)8-15/h7-13H,2-6H2,1H3. The number of halogens is 4. The van der Waals surface area contributed by atoms with Crippen LogP contribution in [0.15, 0.2) is 30.3 Å². The van der Waals surface area contributed by atoms with E-state index in [1.807, 2.05) is 0 Å². The van der Waals surface area contributed by atoms with E-state index in [2.05, 4.69) is 6.92 Å². The molecule has 2 aromatic rings. The van der Waals surface area contributed by atoms with Crippen LogP contribution in [0.5, 0.6) is 0 Å². The Labute approximate surface area is 139 Å². The summed E-state index contributed by atoms with van der Waals surface area (Å²) >= 11 is 0. The highest BCUT2D eigenvalue weighted by atomic mass is 19.1. The van der Waals surface area contributed by atoms with Crippen LogP contribution < -0.4 is 0 Å². The molecule has 0 nitrogen and oxygen atoms in total. The van der Waals surface area contributed by atoms with Gasteiger partial charge in [-0.1, -0.05) is 13.3 Å². The quantitative estimate of drug-likeness (QED) is 0.554. The molecule has 1 saturated carbocycles. The molecule has 24 heavy (non-hydrogen) atoms. The molecule has 1 aliphatic carbocycles. The van der Waals surface area contributed by atoms with Crippen LogP contribution in [-0.2, 0) is 0 Å². The molecular formula is C20H20F4. The third kappa shape index (κ3) is 3.47. The Balaban J connectivity index is 1.92. The van der Waals surface area contributed by atoms with E-state index in [4.69, 9.17) is 0 Å². The molecule has 0 bridgehead atoms. The minimum absolute atomic E-state index is 0.122. The average Bonchev–Trinajstić information content (AvgIpc) is 2.53. The first kappa shape index (κ1) is 17.0. The summed E-state index contributed by atoms with van der Waals surface area (Å²) in [5.41, 5.74) is 0.142. The van der Waals surface area contributed by atoms with Crippen LogP contribution in [0, 0.1) is 29.2 Å². The summed E-state index contributed by atoms with van der Waals surface area (Å²) in [4.78, 5) is 0. The van der Waals surface area contributed by atoms with Crippen molar-refractivity contribution in [1.82, 2.24) is 0 Å². The molecular weight excluding hydrogens is 316 g/mol. The Morgan fingerprint density at radius 2 is 1.33 bits per heavy atom. The second-order valence-electron chi connectivity index (χ2n) is 6.64. The Hall–Kier alpha value is -1.84. The summed E-state index contributed by atoms with van der Waals surface area (Å²) in [5, 5.41) is 0. The fraction of sp³-hybridized carbons (Fsp3) is 0.400. The van der Waals surface area contributed by atoms with Gasteiger partial charge < -0.3 is 0 Å². The Bertz CT molecular complexity index is 687. The van der Waals surface area contributed by atoms with Gasteiger partial charge in [0, 0.05) is 6.07 Å². The van der Waals surface area contributed by atoms with Gasteiger partial charge in [0.2, 0.25) is 0 Å². The van der Waals surface area contributed by atoms with Crippen molar-refractivity contribution >= 4 is 0 Å². The topological polar surface area (TPSA) is 0 Å². The predicted octanol–water partition coefficient (Wildman–Crippen LogP) is 6.59. The van der Waals surface area contributed by atoms with Crippen LogP contribution in [0.3, 0.4) is 0 Å². The van der Waals surface area contributed by atoms with Gasteiger partial charge in [-0.15, -0.1) is 0 Å². The van der Waals surface area contributed by atoms with Crippen molar-refractivity contribution in [2.24, 2.45) is 5.92 Å². The first-order valence-corrected chi connectivity index (χ1v) is 8.43. The first-order valence-electron chi connectivity index (χ1n) is 8.43. The normalized spacial score (nSPS) is 21.0. The molecule has 0 aliphatic heterocycles. The van der Waals surface area contributed by atoms with Crippen molar-refractivity contribution in [1.29, 1.82) is 0 Å². The third-order valence-electron chi connectivity index (χ3n) is 5.11. The molecule has 0 unspecified atom stereocenters. The number of benzene rings is 2. The zero-order chi connectivity index (χ0) is 17.3. The molecule has 1 fully saturated rings. The van der Waals surface area contributed by atoms with Crippen molar-refractivity contribution in [2.45, 2.75) is 44.9 Å². The lowest BCUT2D eigenvalue weighted by molar-refractivity contribution is 0.318. The zero-order valence-electron chi connectivity index (χ0n) is 13.6. The summed E-state index contributed by atoms with van der Waals surface area (Å²) < 4.78 is 55.6. The minimum atomic E-state index is -0.856. The van der Waals surface area contributed by atoms with Crippen LogP contribution >= 0.6 is 0 Å². The predicted molar refractivity (Wildman–Crippen MR) is 86.7 cm³/mol. The van der Waals surface area contributed by atoms with Crippen molar-refractivity contribution in [2.75, 3.05) is 0 Å². The smallest absolute Gasteiger partial charge is 0.134 e. The Morgan fingerprint density at radius 3 is 1.83 bits per heavy atom. The summed E-state index contributed by atoms with van der Waals surface area (Å²) in [7, 11) is 0. The summed E-state index contributed by atoms with van der Waals surface area (Å²) in [6, 6.07) is 5.20. The lowest BCUT2D eigenvalue weighted by Gasteiger charge is -2.28. The molecule has 0 amide bonds. The summed E-state index contributed by atoms with van der Waals surface area (Å²) in [6.45, 7) is 2.16. The highest BCUT2D eigenvalue weighted by Gasteiger charge is 2.24. The summed E-state index contributed by atoms with van der Waals surface area (Å²) in [5.74, 6) is -2.41. The van der Waals surface area contributed by atoms with E-state index < -0.39 is 23.3 Å². The highest BCUT2D eigenvalue weighted by Crippen LogP contribution is 2.39. The molecule has 0 heterocycles. The third-order valence-corrected chi connectivity index (χ3v) is 5.11. The summed E-state index contributed by atoms with van der Waals surface area (Å²) in [6.07, 6.45) is 5.12. The van der Waals surface area contributed by atoms with E-state index in [0.29, 0.717) is 17.5 Å². The number of hydrogen-bond acceptors (Lipinski definition) is 0. The molecule has 1 aliphatic rings. The van der Waals surface area contributed by atoms with Crippen molar-refractivity contribution in [3.63, 3.8) is 0 Å². The lowest BCUT2D eigenvalue weighted by atomic mass is 9.77. The Morgan fingerprint density at radius 1 is 0.792 bits per heavy atom. The van der Waals surface area contributed by atoms with Crippen LogP contribution in [0.2, 0.25) is 0 Å². The second-order valence-corrected chi connectivity index (χ2v) is 6.64. The lowest BCUT2D eigenvalue weighted by Crippen LogP contribution is -2.13. The number of hydrogen-bond donors (Lipinski definition) is 0. The molecule has 0 radical (unpaired) electrons. The fourth-order valence-electron chi connectivity index (χ4n) is 3.71. The van der Waals surface area contributed by atoms with Gasteiger partial charge in [0.1, 0.15) is 23.3 Å². The van der Waals surface area contributed by atoms with Crippen molar-refractivity contribution < 1.29 is 17.6 Å². The van der Waals surface area contributed by atoms with Crippen molar-refractivity contribution in [3.8, 4) is 11.1 Å². The van der Waals surface area contributed by atoms with Gasteiger partial charge in [0.25, 0.3) is 0 Å². The van der Waals surface area contributed by atoms with Crippen LogP contribution in [0.25, 0.3) is 11.1 Å². The van der Waals surface area contributed by atoms with Crippen molar-refractivity contribution in [3.05, 3.63) is 59.2 Å². The molecule has 128 valence electrons. The largest absolute Gasteiger partial charge is 0.207 e. The van der Waals surface area contributed by atoms with Gasteiger partial charge in [-0.2, -0.15) is 0 Å². The molecule has 0 atom stereocenters. The van der Waals surface area contributed by atoms with E-state index >= 15 is 0 Å². The second kappa shape index (κ2) is 6.96. The zero-order valence-corrected chi connectivity index (χ0v) is 13.6. The molecule has 0 saturated heterocycles. The van der Waals surface area contributed by atoms with E-state index in [9.17, 15) is 17.6 Å². The molecule has 0 aromatic heterocycles. The van der Waals surface area contributed by atoms with Crippen LogP contribution in [0.4, 0.5) is 17.6 Å². The van der Waals surface area contributed by atoms with E-state index in [1.54, 1.807) is 0 Å². The van der Waals surface area contributed by atoms with E-state index in [0.717, 1.165) is 44.2 Å². The molecule has 2 aromatic carbocycles. The maximum absolute atomic E-state index is 14.5. The van der Waals surface area contributed by atoms with E-state index in [-0.39, 0.29) is 17.0 Å². The average molecular weight is 336 g/mol. The maximum atomic E-state index is 14.5. The molecule has 0 N–H and O–H groups in total. The van der Waals surface area contributed by atoms with Gasteiger partial charge >= 0.3 is 0 Å². The Kier molecular flexibility index (Phi) is 4.93. The van der Waals surface area contributed by atoms with Gasteiger partial charge in [0.15, 0.2) is 0 Å². The van der Waals surface area contributed by atoms with Gasteiger partial charge in [-0.05, 0) is 72.9 Å². The van der Waals surface area contributed by atoms with Gasteiger partial charge in [-0.25, -0.2) is 17.6 Å². The number of rotatable bonds is 3. The van der Waals surface area contributed by atoms with Crippen LogP contribution in [-0.4, -0.2) is 0 Å². The first-order chi connectivity index (χ1) is 11.5. The van der Waals surface area contributed by atoms with E-state index in [1.165, 1.54) is 12.1 Å². The monoisotopic (exact) mass is 336 g/mol. The highest BCUT2D eigenvalue weighted by molar-refractivity contribution is 5.65. The minimum Gasteiger partial charge on any atom is -0.207 e. The fourth-order valence-corrected chi connectivity index (χ4v) is 3.71.